The molecular weight excluding hydrogens is 705 g/mol. The maximum atomic E-state index is 12.0. The first-order chi connectivity index (χ1) is 12.1. The van der Waals surface area contributed by atoms with Gasteiger partial charge in [0.1, 0.15) is 5.75 Å². The van der Waals surface area contributed by atoms with Crippen LogP contribution >= 0.6 is 67.8 Å². The Morgan fingerprint density at radius 1 is 1.00 bits per heavy atom. The summed E-state index contributed by atoms with van der Waals surface area (Å²) in [6.07, 6.45) is 0. The fourth-order valence-electron chi connectivity index (χ4n) is 1.72. The van der Waals surface area contributed by atoms with E-state index < -0.39 is 28.7 Å². The number of rotatable bonds is 5. The molecule has 11 heteroatoms. The number of ether oxygens (including phenoxy) is 2. The van der Waals surface area contributed by atoms with Gasteiger partial charge in [0.25, 0.3) is 10.1 Å². The molecular formula is C15H9I3O7S. The topological polar surface area (TPSA) is 107 Å². The lowest BCUT2D eigenvalue weighted by Crippen LogP contribution is -2.19. The molecule has 0 amide bonds. The van der Waals surface area contributed by atoms with Crippen molar-refractivity contribution in [2.24, 2.45) is 0 Å². The summed E-state index contributed by atoms with van der Waals surface area (Å²) in [5.41, 5.74) is 0.324. The van der Waals surface area contributed by atoms with Crippen molar-refractivity contribution < 1.29 is 32.0 Å². The minimum absolute atomic E-state index is 0.0526. The van der Waals surface area contributed by atoms with Gasteiger partial charge in [-0.1, -0.05) is 0 Å². The SMILES string of the molecule is O=C(COC(=O)c1cc(I)c(I)c(I)c1)Oc1ccc(S(=O)(=O)O)cc1. The van der Waals surface area contributed by atoms with E-state index in [1.54, 1.807) is 12.1 Å². The molecule has 0 saturated heterocycles. The first kappa shape index (κ1) is 21.8. The summed E-state index contributed by atoms with van der Waals surface area (Å²) in [5, 5.41) is 0. The monoisotopic (exact) mass is 714 g/mol. The van der Waals surface area contributed by atoms with E-state index in [0.29, 0.717) is 5.56 Å². The summed E-state index contributed by atoms with van der Waals surface area (Å²) >= 11 is 6.37. The minimum atomic E-state index is -4.32. The lowest BCUT2D eigenvalue weighted by atomic mass is 10.2. The van der Waals surface area contributed by atoms with Gasteiger partial charge in [0.2, 0.25) is 0 Å². The van der Waals surface area contributed by atoms with Crippen LogP contribution in [0.2, 0.25) is 0 Å². The zero-order valence-electron chi connectivity index (χ0n) is 12.6. The highest BCUT2D eigenvalue weighted by Gasteiger charge is 2.15. The van der Waals surface area contributed by atoms with E-state index >= 15 is 0 Å². The maximum Gasteiger partial charge on any atom is 0.349 e. The third-order valence-electron chi connectivity index (χ3n) is 2.89. The zero-order valence-corrected chi connectivity index (χ0v) is 19.9. The van der Waals surface area contributed by atoms with Crippen molar-refractivity contribution in [3.8, 4) is 5.75 Å². The van der Waals surface area contributed by atoms with Crippen LogP contribution in [0.3, 0.4) is 0 Å². The van der Waals surface area contributed by atoms with Gasteiger partial charge in [-0.3, -0.25) is 4.55 Å². The number of hydrogen-bond donors (Lipinski definition) is 1. The summed E-state index contributed by atoms with van der Waals surface area (Å²) < 4.78 is 43.4. The third-order valence-corrected chi connectivity index (χ3v) is 8.69. The Hall–Kier alpha value is -0.520. The summed E-state index contributed by atoms with van der Waals surface area (Å²) in [6, 6.07) is 7.89. The molecule has 26 heavy (non-hydrogen) atoms. The van der Waals surface area contributed by atoms with Gasteiger partial charge in [-0.05, 0) is 104 Å². The van der Waals surface area contributed by atoms with Gasteiger partial charge in [-0.25, -0.2) is 9.59 Å². The van der Waals surface area contributed by atoms with Crippen LogP contribution in [0.25, 0.3) is 0 Å². The number of hydrogen-bond acceptors (Lipinski definition) is 6. The van der Waals surface area contributed by atoms with Crippen LogP contribution < -0.4 is 4.74 Å². The zero-order chi connectivity index (χ0) is 19.5. The maximum absolute atomic E-state index is 12.0. The molecule has 0 aliphatic heterocycles. The van der Waals surface area contributed by atoms with Gasteiger partial charge in [0.05, 0.1) is 10.5 Å². The average molecular weight is 714 g/mol. The van der Waals surface area contributed by atoms with Crippen LogP contribution in [0.5, 0.6) is 5.75 Å². The van der Waals surface area contributed by atoms with Crippen LogP contribution in [0, 0.1) is 10.7 Å². The molecule has 0 saturated carbocycles. The molecule has 7 nitrogen and oxygen atoms in total. The van der Waals surface area contributed by atoms with Gasteiger partial charge in [-0.2, -0.15) is 8.42 Å². The molecule has 0 heterocycles. The van der Waals surface area contributed by atoms with E-state index in [4.69, 9.17) is 14.0 Å². The third kappa shape index (κ3) is 6.00. The first-order valence-electron chi connectivity index (χ1n) is 6.68. The Morgan fingerprint density at radius 2 is 1.54 bits per heavy atom. The normalized spacial score (nSPS) is 11.1. The summed E-state index contributed by atoms with van der Waals surface area (Å²) in [5.74, 6) is -1.43. The summed E-state index contributed by atoms with van der Waals surface area (Å²) in [6.45, 7) is -0.599. The Balaban J connectivity index is 1.95. The molecule has 2 rings (SSSR count). The number of esters is 2. The van der Waals surface area contributed by atoms with E-state index in [1.807, 2.05) is 0 Å². The smallest absolute Gasteiger partial charge is 0.349 e. The molecule has 0 atom stereocenters. The van der Waals surface area contributed by atoms with E-state index in [1.165, 1.54) is 12.1 Å². The van der Waals surface area contributed by atoms with Crippen LogP contribution in [0.15, 0.2) is 41.3 Å². The molecule has 0 radical (unpaired) electrons. The van der Waals surface area contributed by atoms with Gasteiger partial charge in [-0.15, -0.1) is 0 Å². The van der Waals surface area contributed by atoms with Gasteiger partial charge < -0.3 is 9.47 Å². The first-order valence-corrected chi connectivity index (χ1v) is 11.4. The highest BCUT2D eigenvalue weighted by Crippen LogP contribution is 2.23. The van der Waals surface area contributed by atoms with Gasteiger partial charge in [0.15, 0.2) is 6.61 Å². The Bertz CT molecular complexity index is 933. The molecule has 2 aromatic rings. The van der Waals surface area contributed by atoms with Crippen LogP contribution in [0.4, 0.5) is 0 Å². The fraction of sp³-hybridized carbons (Fsp3) is 0.0667. The van der Waals surface area contributed by atoms with Crippen LogP contribution in [-0.4, -0.2) is 31.5 Å². The molecule has 0 spiro atoms. The van der Waals surface area contributed by atoms with Gasteiger partial charge >= 0.3 is 11.9 Å². The molecule has 1 N–H and O–H groups in total. The van der Waals surface area contributed by atoms with Crippen molar-refractivity contribution in [1.29, 1.82) is 0 Å². The Kier molecular flexibility index (Phi) is 7.63. The number of halogens is 3. The molecule has 0 unspecified atom stereocenters. The Labute approximate surface area is 190 Å². The van der Waals surface area contributed by atoms with Crippen molar-refractivity contribution >= 4 is 89.8 Å². The standard InChI is InChI=1S/C15H9I3O7S/c16-11-5-8(6-12(17)14(11)18)15(20)24-7-13(19)25-9-1-3-10(4-2-9)26(21,22)23/h1-6H,7H2,(H,21,22,23). The van der Waals surface area contributed by atoms with Gasteiger partial charge in [0, 0.05) is 10.7 Å². The molecule has 138 valence electrons. The van der Waals surface area contributed by atoms with E-state index in [-0.39, 0.29) is 10.6 Å². The van der Waals surface area contributed by atoms with E-state index in [9.17, 15) is 18.0 Å². The predicted octanol–water partition coefficient (Wildman–Crippen LogP) is 3.51. The second kappa shape index (κ2) is 9.11. The summed E-state index contributed by atoms with van der Waals surface area (Å²) in [7, 11) is -4.32. The minimum Gasteiger partial charge on any atom is -0.450 e. The summed E-state index contributed by atoms with van der Waals surface area (Å²) in [4.78, 5) is 23.5. The largest absolute Gasteiger partial charge is 0.450 e. The molecule has 0 bridgehead atoms. The lowest BCUT2D eigenvalue weighted by molar-refractivity contribution is -0.137. The average Bonchev–Trinajstić information content (AvgIpc) is 2.56. The number of carbonyl (C=O) groups is 2. The van der Waals surface area contributed by atoms with Crippen LogP contribution in [0.1, 0.15) is 10.4 Å². The molecule has 0 aliphatic carbocycles. The van der Waals surface area contributed by atoms with Crippen molar-refractivity contribution in [1.82, 2.24) is 0 Å². The van der Waals surface area contributed by atoms with Crippen molar-refractivity contribution in [2.75, 3.05) is 6.61 Å². The molecule has 0 aliphatic rings. The Morgan fingerprint density at radius 3 is 2.04 bits per heavy atom. The van der Waals surface area contributed by atoms with Crippen molar-refractivity contribution in [2.45, 2.75) is 4.90 Å². The van der Waals surface area contributed by atoms with Crippen molar-refractivity contribution in [3.05, 3.63) is 52.7 Å². The fourth-order valence-corrected chi connectivity index (χ4v) is 4.28. The molecule has 0 aromatic heterocycles. The highest BCUT2D eigenvalue weighted by molar-refractivity contribution is 14.1. The quantitative estimate of drug-likeness (QED) is 0.166. The molecule has 0 fully saturated rings. The number of benzene rings is 2. The second-order valence-electron chi connectivity index (χ2n) is 4.75. The predicted molar refractivity (Wildman–Crippen MR) is 117 cm³/mol. The van der Waals surface area contributed by atoms with E-state index in [2.05, 4.69) is 67.8 Å². The molecule has 2 aromatic carbocycles. The van der Waals surface area contributed by atoms with E-state index in [0.717, 1.165) is 22.8 Å². The van der Waals surface area contributed by atoms with Crippen LogP contribution in [-0.2, 0) is 19.6 Å². The second-order valence-corrected chi connectivity index (χ2v) is 9.58. The lowest BCUT2D eigenvalue weighted by Gasteiger charge is -2.08. The van der Waals surface area contributed by atoms with Crippen molar-refractivity contribution in [3.63, 3.8) is 0 Å². The number of carbonyl (C=O) groups excluding carboxylic acids is 2. The highest BCUT2D eigenvalue weighted by atomic mass is 127.